The number of amides is 1. The Labute approximate surface area is 114 Å². The van der Waals surface area contributed by atoms with E-state index >= 15 is 0 Å². The molecule has 1 saturated carbocycles. The molecule has 0 bridgehead atoms. The highest BCUT2D eigenvalue weighted by Crippen LogP contribution is 2.29. The molecule has 2 atom stereocenters. The van der Waals surface area contributed by atoms with Gasteiger partial charge in [-0.3, -0.25) is 4.79 Å². The number of hydrogen-bond donors (Lipinski definition) is 2. The molecule has 0 heterocycles. The van der Waals surface area contributed by atoms with Gasteiger partial charge in [0.15, 0.2) is 0 Å². The van der Waals surface area contributed by atoms with Crippen LogP contribution in [0.2, 0.25) is 0 Å². The first kappa shape index (κ1) is 14.8. The number of carbonyl (C=O) groups is 1. The van der Waals surface area contributed by atoms with Crippen molar-refractivity contribution >= 4 is 5.91 Å². The normalized spacial score (nSPS) is 22.8. The zero-order valence-corrected chi connectivity index (χ0v) is 10.8. The number of halogens is 3. The van der Waals surface area contributed by atoms with Crippen LogP contribution in [-0.4, -0.2) is 17.1 Å². The molecule has 110 valence electrons. The maximum Gasteiger partial charge on any atom is 0.416 e. The van der Waals surface area contributed by atoms with Gasteiger partial charge in [0.25, 0.3) is 0 Å². The topological polar surface area (TPSA) is 49.3 Å². The zero-order chi connectivity index (χ0) is 14.8. The van der Waals surface area contributed by atoms with Crippen molar-refractivity contribution in [2.45, 2.75) is 38.1 Å². The molecule has 20 heavy (non-hydrogen) atoms. The van der Waals surface area contributed by atoms with E-state index in [-0.39, 0.29) is 12.5 Å². The van der Waals surface area contributed by atoms with Gasteiger partial charge in [0, 0.05) is 6.54 Å². The molecule has 0 saturated heterocycles. The van der Waals surface area contributed by atoms with Crippen molar-refractivity contribution in [3.8, 4) is 0 Å². The SMILES string of the molecule is O=C(NCc1cccc(C(F)(F)F)c1)C1CCCC1O. The first-order valence-corrected chi connectivity index (χ1v) is 6.50. The molecular formula is C14H16F3NO2. The fourth-order valence-electron chi connectivity index (χ4n) is 2.42. The third-order valence-corrected chi connectivity index (χ3v) is 3.54. The van der Waals surface area contributed by atoms with Crippen molar-refractivity contribution in [3.63, 3.8) is 0 Å². The summed E-state index contributed by atoms with van der Waals surface area (Å²) in [5.74, 6) is -0.742. The second kappa shape index (κ2) is 5.83. The van der Waals surface area contributed by atoms with Crippen molar-refractivity contribution in [1.29, 1.82) is 0 Å². The van der Waals surface area contributed by atoms with Crippen LogP contribution in [0.25, 0.3) is 0 Å². The third kappa shape index (κ3) is 3.50. The molecule has 0 radical (unpaired) electrons. The average molecular weight is 287 g/mol. The molecule has 1 aromatic carbocycles. The number of aliphatic hydroxyl groups is 1. The van der Waals surface area contributed by atoms with E-state index in [0.29, 0.717) is 18.4 Å². The van der Waals surface area contributed by atoms with Gasteiger partial charge in [0.05, 0.1) is 17.6 Å². The van der Waals surface area contributed by atoms with Gasteiger partial charge in [-0.2, -0.15) is 13.2 Å². The van der Waals surface area contributed by atoms with Crippen LogP contribution >= 0.6 is 0 Å². The first-order valence-electron chi connectivity index (χ1n) is 6.50. The van der Waals surface area contributed by atoms with Crippen LogP contribution in [0.4, 0.5) is 13.2 Å². The number of nitrogens with one attached hydrogen (secondary N) is 1. The van der Waals surface area contributed by atoms with E-state index in [2.05, 4.69) is 5.32 Å². The quantitative estimate of drug-likeness (QED) is 0.897. The molecule has 1 aromatic rings. The standard InChI is InChI=1S/C14H16F3NO2/c15-14(16,17)10-4-1-3-9(7-10)8-18-13(20)11-5-2-6-12(11)19/h1,3-4,7,11-12,19H,2,5-6,8H2,(H,18,20). The predicted molar refractivity (Wildman–Crippen MR) is 66.6 cm³/mol. The number of hydrogen-bond acceptors (Lipinski definition) is 2. The lowest BCUT2D eigenvalue weighted by molar-refractivity contribution is -0.137. The van der Waals surface area contributed by atoms with Crippen molar-refractivity contribution in [2.75, 3.05) is 0 Å². The molecule has 6 heteroatoms. The predicted octanol–water partition coefficient (Wildman–Crippen LogP) is 2.48. The lowest BCUT2D eigenvalue weighted by atomic mass is 10.0. The fourth-order valence-corrected chi connectivity index (χ4v) is 2.42. The van der Waals surface area contributed by atoms with Crippen LogP contribution in [0, 0.1) is 5.92 Å². The van der Waals surface area contributed by atoms with E-state index in [9.17, 15) is 23.1 Å². The second-order valence-corrected chi connectivity index (χ2v) is 5.02. The smallest absolute Gasteiger partial charge is 0.392 e. The average Bonchev–Trinajstić information content (AvgIpc) is 2.82. The van der Waals surface area contributed by atoms with E-state index in [1.165, 1.54) is 12.1 Å². The molecule has 1 fully saturated rings. The summed E-state index contributed by atoms with van der Waals surface area (Å²) in [5.41, 5.74) is -0.342. The van der Waals surface area contributed by atoms with Gasteiger partial charge in [0.2, 0.25) is 5.91 Å². The van der Waals surface area contributed by atoms with Crippen LogP contribution in [-0.2, 0) is 17.5 Å². The number of benzene rings is 1. The first-order chi connectivity index (χ1) is 9.38. The Morgan fingerprint density at radius 1 is 1.35 bits per heavy atom. The molecule has 0 aliphatic heterocycles. The monoisotopic (exact) mass is 287 g/mol. The highest BCUT2D eigenvalue weighted by molar-refractivity contribution is 5.79. The Balaban J connectivity index is 1.95. The number of rotatable bonds is 3. The summed E-state index contributed by atoms with van der Waals surface area (Å²) in [6.45, 7) is 0.0337. The van der Waals surface area contributed by atoms with Gasteiger partial charge < -0.3 is 10.4 Å². The van der Waals surface area contributed by atoms with E-state index in [1.54, 1.807) is 0 Å². The second-order valence-electron chi connectivity index (χ2n) is 5.02. The molecule has 1 amide bonds. The minimum Gasteiger partial charge on any atom is -0.392 e. The summed E-state index contributed by atoms with van der Waals surface area (Å²) in [6.07, 6.45) is -3.02. The van der Waals surface area contributed by atoms with Crippen LogP contribution in [0.3, 0.4) is 0 Å². The minimum absolute atomic E-state index is 0.0337. The molecule has 2 N–H and O–H groups in total. The van der Waals surface area contributed by atoms with Gasteiger partial charge in [-0.15, -0.1) is 0 Å². The van der Waals surface area contributed by atoms with Crippen molar-refractivity contribution in [3.05, 3.63) is 35.4 Å². The van der Waals surface area contributed by atoms with Gasteiger partial charge >= 0.3 is 6.18 Å². The Morgan fingerprint density at radius 2 is 2.10 bits per heavy atom. The number of aliphatic hydroxyl groups excluding tert-OH is 1. The number of alkyl halides is 3. The molecule has 2 unspecified atom stereocenters. The summed E-state index contributed by atoms with van der Waals surface area (Å²) in [5, 5.41) is 12.2. The molecular weight excluding hydrogens is 271 g/mol. The summed E-state index contributed by atoms with van der Waals surface area (Å²) >= 11 is 0. The molecule has 0 spiro atoms. The Morgan fingerprint density at radius 3 is 2.70 bits per heavy atom. The number of carbonyl (C=O) groups excluding carboxylic acids is 1. The molecule has 1 aliphatic rings. The van der Waals surface area contributed by atoms with Gasteiger partial charge in [-0.1, -0.05) is 12.1 Å². The Bertz CT molecular complexity index is 488. The maximum absolute atomic E-state index is 12.5. The van der Waals surface area contributed by atoms with Crippen LogP contribution in [0.15, 0.2) is 24.3 Å². The Hall–Kier alpha value is -1.56. The summed E-state index contributed by atoms with van der Waals surface area (Å²) in [6, 6.07) is 4.85. The molecule has 1 aliphatic carbocycles. The van der Waals surface area contributed by atoms with Gasteiger partial charge in [-0.05, 0) is 37.0 Å². The highest BCUT2D eigenvalue weighted by atomic mass is 19.4. The summed E-state index contributed by atoms with van der Waals surface area (Å²) in [7, 11) is 0. The Kier molecular flexibility index (Phi) is 4.32. The zero-order valence-electron chi connectivity index (χ0n) is 10.8. The van der Waals surface area contributed by atoms with Crippen LogP contribution in [0.1, 0.15) is 30.4 Å². The van der Waals surface area contributed by atoms with Crippen molar-refractivity contribution < 1.29 is 23.1 Å². The summed E-state index contributed by atoms with van der Waals surface area (Å²) < 4.78 is 37.6. The van der Waals surface area contributed by atoms with E-state index in [1.807, 2.05) is 0 Å². The molecule has 0 aromatic heterocycles. The lowest BCUT2D eigenvalue weighted by Crippen LogP contribution is -2.34. The molecule has 2 rings (SSSR count). The van der Waals surface area contributed by atoms with E-state index in [0.717, 1.165) is 18.6 Å². The van der Waals surface area contributed by atoms with Crippen LogP contribution in [0.5, 0.6) is 0 Å². The van der Waals surface area contributed by atoms with Crippen molar-refractivity contribution in [1.82, 2.24) is 5.32 Å². The highest BCUT2D eigenvalue weighted by Gasteiger charge is 2.32. The van der Waals surface area contributed by atoms with Gasteiger partial charge in [-0.25, -0.2) is 0 Å². The summed E-state index contributed by atoms with van der Waals surface area (Å²) in [4.78, 5) is 11.8. The lowest BCUT2D eigenvalue weighted by Gasteiger charge is -2.15. The van der Waals surface area contributed by atoms with Gasteiger partial charge in [0.1, 0.15) is 0 Å². The van der Waals surface area contributed by atoms with E-state index in [4.69, 9.17) is 0 Å². The fraction of sp³-hybridized carbons (Fsp3) is 0.500. The third-order valence-electron chi connectivity index (χ3n) is 3.54. The van der Waals surface area contributed by atoms with Crippen LogP contribution < -0.4 is 5.32 Å². The maximum atomic E-state index is 12.5. The minimum atomic E-state index is -4.39. The van der Waals surface area contributed by atoms with Crippen molar-refractivity contribution in [2.24, 2.45) is 5.92 Å². The largest absolute Gasteiger partial charge is 0.416 e. The molecule has 3 nitrogen and oxygen atoms in total. The van der Waals surface area contributed by atoms with E-state index < -0.39 is 23.8 Å².